The fourth-order valence-electron chi connectivity index (χ4n) is 1.49. The molecule has 0 atom stereocenters. The van der Waals surface area contributed by atoms with Gasteiger partial charge in [0.1, 0.15) is 0 Å². The number of nitrogens with one attached hydrogen (secondary N) is 2. The second kappa shape index (κ2) is 6.48. The number of hydrazine groups is 1. The van der Waals surface area contributed by atoms with Crippen molar-refractivity contribution >= 4 is 17.9 Å². The second-order valence-corrected chi connectivity index (χ2v) is 4.95. The number of carboxylic acid groups (broad SMARTS) is 1. The summed E-state index contributed by atoms with van der Waals surface area (Å²) < 4.78 is 5.11. The highest BCUT2D eigenvalue weighted by Gasteiger charge is 2.30. The number of rotatable bonds is 4. The fourth-order valence-corrected chi connectivity index (χ4v) is 1.49. The van der Waals surface area contributed by atoms with E-state index in [1.807, 2.05) is 0 Å². The fraction of sp³-hybridized carbons (Fsp3) is 0.727. The van der Waals surface area contributed by atoms with Gasteiger partial charge < -0.3 is 9.84 Å². The van der Waals surface area contributed by atoms with Gasteiger partial charge in [0.15, 0.2) is 0 Å². The summed E-state index contributed by atoms with van der Waals surface area (Å²) >= 11 is 0. The molecule has 1 fully saturated rings. The average Bonchev–Trinajstić information content (AvgIpc) is 2.28. The van der Waals surface area contributed by atoms with Crippen LogP contribution in [0.15, 0.2) is 0 Å². The smallest absolute Gasteiger partial charge is 0.335 e. The molecule has 8 nitrogen and oxygen atoms in total. The van der Waals surface area contributed by atoms with E-state index in [0.717, 1.165) is 0 Å². The first kappa shape index (κ1) is 15.4. The molecule has 0 saturated carbocycles. The SMILES string of the molecule is CC(C)(CC(=O)NC(=O)NN1CCOCC1)C(=O)O. The third kappa shape index (κ3) is 5.23. The Labute approximate surface area is 111 Å². The predicted octanol–water partition coefficient (Wildman–Crippen LogP) is -0.440. The first-order chi connectivity index (χ1) is 8.81. The van der Waals surface area contributed by atoms with Crippen LogP contribution in [0.5, 0.6) is 0 Å². The molecule has 8 heteroatoms. The number of amides is 3. The van der Waals surface area contributed by atoms with Crippen molar-refractivity contribution < 1.29 is 24.2 Å². The van der Waals surface area contributed by atoms with E-state index >= 15 is 0 Å². The van der Waals surface area contributed by atoms with Crippen LogP contribution in [0.4, 0.5) is 4.79 Å². The highest BCUT2D eigenvalue weighted by atomic mass is 16.5. The molecule has 108 valence electrons. The third-order valence-corrected chi connectivity index (χ3v) is 2.71. The molecule has 1 aliphatic heterocycles. The highest BCUT2D eigenvalue weighted by Crippen LogP contribution is 2.19. The summed E-state index contributed by atoms with van der Waals surface area (Å²) in [7, 11) is 0. The minimum Gasteiger partial charge on any atom is -0.481 e. The van der Waals surface area contributed by atoms with Crippen molar-refractivity contribution in [1.82, 2.24) is 15.8 Å². The van der Waals surface area contributed by atoms with Gasteiger partial charge in [-0.2, -0.15) is 0 Å². The summed E-state index contributed by atoms with van der Waals surface area (Å²) in [4.78, 5) is 33.9. The van der Waals surface area contributed by atoms with Crippen molar-refractivity contribution in [3.63, 3.8) is 0 Å². The largest absolute Gasteiger partial charge is 0.481 e. The van der Waals surface area contributed by atoms with E-state index in [9.17, 15) is 14.4 Å². The number of imide groups is 1. The van der Waals surface area contributed by atoms with Gasteiger partial charge in [0.25, 0.3) is 0 Å². The Balaban J connectivity index is 2.35. The molecule has 0 radical (unpaired) electrons. The maximum absolute atomic E-state index is 11.5. The molecule has 3 amide bonds. The van der Waals surface area contributed by atoms with Gasteiger partial charge in [-0.05, 0) is 13.8 Å². The number of carboxylic acids is 1. The van der Waals surface area contributed by atoms with Crippen LogP contribution in [-0.2, 0) is 14.3 Å². The zero-order valence-corrected chi connectivity index (χ0v) is 11.1. The average molecular weight is 273 g/mol. The van der Waals surface area contributed by atoms with Gasteiger partial charge in [-0.15, -0.1) is 0 Å². The Morgan fingerprint density at radius 2 is 1.84 bits per heavy atom. The lowest BCUT2D eigenvalue weighted by molar-refractivity contribution is -0.149. The molecule has 0 aromatic rings. The van der Waals surface area contributed by atoms with Crippen LogP contribution in [0.2, 0.25) is 0 Å². The van der Waals surface area contributed by atoms with E-state index in [1.165, 1.54) is 13.8 Å². The molecule has 1 rings (SSSR count). The van der Waals surface area contributed by atoms with E-state index in [-0.39, 0.29) is 6.42 Å². The molecule has 0 bridgehead atoms. The van der Waals surface area contributed by atoms with Crippen molar-refractivity contribution in [2.24, 2.45) is 5.41 Å². The molecule has 0 unspecified atom stereocenters. The lowest BCUT2D eigenvalue weighted by atomic mass is 9.89. The third-order valence-electron chi connectivity index (χ3n) is 2.71. The summed E-state index contributed by atoms with van der Waals surface area (Å²) in [6.07, 6.45) is -0.265. The number of ether oxygens (including phenoxy) is 1. The van der Waals surface area contributed by atoms with Gasteiger partial charge in [0, 0.05) is 19.5 Å². The maximum atomic E-state index is 11.5. The summed E-state index contributed by atoms with van der Waals surface area (Å²) in [6, 6.07) is -0.659. The molecule has 3 N–H and O–H groups in total. The second-order valence-electron chi connectivity index (χ2n) is 4.95. The zero-order valence-electron chi connectivity index (χ0n) is 11.1. The van der Waals surface area contributed by atoms with Crippen LogP contribution in [0.3, 0.4) is 0 Å². The van der Waals surface area contributed by atoms with Crippen molar-refractivity contribution in [2.75, 3.05) is 26.3 Å². The summed E-state index contributed by atoms with van der Waals surface area (Å²) in [5.41, 5.74) is 1.29. The first-order valence-corrected chi connectivity index (χ1v) is 5.98. The molecule has 0 spiro atoms. The quantitative estimate of drug-likeness (QED) is 0.641. The van der Waals surface area contributed by atoms with Gasteiger partial charge in [0.2, 0.25) is 5.91 Å². The number of morpholine rings is 1. The summed E-state index contributed by atoms with van der Waals surface area (Å²) in [6.45, 7) is 4.97. The molecule has 1 heterocycles. The monoisotopic (exact) mass is 273 g/mol. The van der Waals surface area contributed by atoms with Gasteiger partial charge in [-0.1, -0.05) is 0 Å². The van der Waals surface area contributed by atoms with Crippen molar-refractivity contribution in [2.45, 2.75) is 20.3 Å². The van der Waals surface area contributed by atoms with E-state index in [4.69, 9.17) is 9.84 Å². The van der Waals surface area contributed by atoms with E-state index in [0.29, 0.717) is 26.3 Å². The molecular weight excluding hydrogens is 254 g/mol. The molecule has 0 aromatic carbocycles. The number of hydrogen-bond donors (Lipinski definition) is 3. The van der Waals surface area contributed by atoms with Gasteiger partial charge in [-0.25, -0.2) is 9.80 Å². The maximum Gasteiger partial charge on any atom is 0.335 e. The Bertz CT molecular complexity index is 363. The Morgan fingerprint density at radius 1 is 1.26 bits per heavy atom. The topological polar surface area (TPSA) is 108 Å². The van der Waals surface area contributed by atoms with Crippen LogP contribution in [0.25, 0.3) is 0 Å². The lowest BCUT2D eigenvalue weighted by Gasteiger charge is -2.27. The van der Waals surface area contributed by atoms with E-state index in [1.54, 1.807) is 5.01 Å². The molecule has 1 aliphatic rings. The summed E-state index contributed by atoms with van der Waals surface area (Å²) in [5.74, 6) is -1.71. The lowest BCUT2D eigenvalue weighted by Crippen LogP contribution is -2.53. The van der Waals surface area contributed by atoms with Crippen LogP contribution in [-0.4, -0.2) is 54.3 Å². The molecule has 0 aliphatic carbocycles. The predicted molar refractivity (Wildman–Crippen MR) is 65.1 cm³/mol. The van der Waals surface area contributed by atoms with Gasteiger partial charge >= 0.3 is 12.0 Å². The number of carbonyl (C=O) groups is 3. The number of hydrogen-bond acceptors (Lipinski definition) is 5. The summed E-state index contributed by atoms with van der Waals surface area (Å²) in [5, 5.41) is 12.6. The molecule has 1 saturated heterocycles. The number of aliphatic carboxylic acids is 1. The van der Waals surface area contributed by atoms with Gasteiger partial charge in [0.05, 0.1) is 18.6 Å². The highest BCUT2D eigenvalue weighted by molar-refractivity contribution is 5.96. The van der Waals surface area contributed by atoms with Gasteiger partial charge in [-0.3, -0.25) is 20.3 Å². The number of urea groups is 1. The Kier molecular flexibility index (Phi) is 5.25. The Morgan fingerprint density at radius 3 is 2.37 bits per heavy atom. The number of nitrogens with zero attached hydrogens (tertiary/aromatic N) is 1. The molecular formula is C11H19N3O5. The molecule has 0 aromatic heterocycles. The zero-order chi connectivity index (χ0) is 14.5. The Hall–Kier alpha value is -1.67. The van der Waals surface area contributed by atoms with Crippen molar-refractivity contribution in [1.29, 1.82) is 0 Å². The van der Waals surface area contributed by atoms with E-state index < -0.39 is 23.3 Å². The standard InChI is InChI=1S/C11H19N3O5/c1-11(2,9(16)17)7-8(15)12-10(18)13-14-3-5-19-6-4-14/h3-7H2,1-2H3,(H,16,17)(H2,12,13,15,18). The van der Waals surface area contributed by atoms with E-state index in [2.05, 4.69) is 10.7 Å². The van der Waals surface area contributed by atoms with Crippen molar-refractivity contribution in [3.05, 3.63) is 0 Å². The first-order valence-electron chi connectivity index (χ1n) is 5.98. The number of carbonyl (C=O) groups excluding carboxylic acids is 2. The van der Waals surface area contributed by atoms with Crippen LogP contribution < -0.4 is 10.7 Å². The minimum absolute atomic E-state index is 0.265. The van der Waals surface area contributed by atoms with Crippen molar-refractivity contribution in [3.8, 4) is 0 Å². The van der Waals surface area contributed by atoms with Crippen LogP contribution in [0, 0.1) is 5.41 Å². The van der Waals surface area contributed by atoms with Crippen LogP contribution in [0.1, 0.15) is 20.3 Å². The van der Waals surface area contributed by atoms with Crippen LogP contribution >= 0.6 is 0 Å². The molecule has 19 heavy (non-hydrogen) atoms. The minimum atomic E-state index is -1.21. The normalized spacial score (nSPS) is 16.7.